The monoisotopic (exact) mass is 401 g/mol. The molecule has 0 unspecified atom stereocenters. The highest BCUT2D eigenvalue weighted by molar-refractivity contribution is 7.16. The zero-order valence-corrected chi connectivity index (χ0v) is 15.9. The average Bonchev–Trinajstić information content (AvgIpc) is 3.16. The molecule has 8 heteroatoms. The normalized spacial score (nSPS) is 12.1. The van der Waals surface area contributed by atoms with Gasteiger partial charge in [-0.25, -0.2) is 4.39 Å². The maximum atomic E-state index is 14.3. The van der Waals surface area contributed by atoms with Crippen LogP contribution in [0.1, 0.15) is 16.1 Å². The molecule has 2 aromatic carbocycles. The molecule has 0 saturated heterocycles. The Morgan fingerprint density at radius 1 is 1.26 bits per heavy atom. The average molecular weight is 402 g/mol. The van der Waals surface area contributed by atoms with Gasteiger partial charge in [0, 0.05) is 7.05 Å². The van der Waals surface area contributed by atoms with E-state index in [1.54, 1.807) is 6.92 Å². The molecule has 2 aromatic heterocycles. The molecule has 0 bridgehead atoms. The standard InChI is InChI=1S/C19H13ClFN3O2S/c1-10-15(17(23-26-10)16-11(20)6-5-7-12(16)21)18(25)22-19-24(2)13-8-3-4-9-14(13)27-19/h3-9H,1-2H3. The van der Waals surface area contributed by atoms with Crippen LogP contribution in [0.4, 0.5) is 4.39 Å². The number of carbonyl (C=O) groups is 1. The van der Waals surface area contributed by atoms with E-state index in [2.05, 4.69) is 10.1 Å². The summed E-state index contributed by atoms with van der Waals surface area (Å²) in [6.07, 6.45) is 0. The first kappa shape index (κ1) is 17.6. The van der Waals surface area contributed by atoms with E-state index < -0.39 is 11.7 Å². The molecule has 0 fully saturated rings. The molecule has 27 heavy (non-hydrogen) atoms. The number of halogens is 2. The molecule has 0 spiro atoms. The van der Waals surface area contributed by atoms with Gasteiger partial charge in [0.25, 0.3) is 5.91 Å². The van der Waals surface area contributed by atoms with Crippen LogP contribution in [0.15, 0.2) is 52.0 Å². The second-order valence-electron chi connectivity index (χ2n) is 5.89. The van der Waals surface area contributed by atoms with Crippen molar-refractivity contribution >= 4 is 39.1 Å². The van der Waals surface area contributed by atoms with Crippen LogP contribution in [-0.2, 0) is 7.05 Å². The zero-order chi connectivity index (χ0) is 19.1. The van der Waals surface area contributed by atoms with E-state index in [-0.39, 0.29) is 27.6 Å². The van der Waals surface area contributed by atoms with E-state index in [1.165, 1.54) is 29.5 Å². The topological polar surface area (TPSA) is 60.4 Å². The summed E-state index contributed by atoms with van der Waals surface area (Å²) >= 11 is 7.51. The lowest BCUT2D eigenvalue weighted by atomic mass is 10.1. The first-order valence-electron chi connectivity index (χ1n) is 8.01. The van der Waals surface area contributed by atoms with Crippen molar-refractivity contribution in [1.82, 2.24) is 9.72 Å². The summed E-state index contributed by atoms with van der Waals surface area (Å²) in [4.78, 5) is 17.6. The Morgan fingerprint density at radius 2 is 2.04 bits per heavy atom. The Kier molecular flexibility index (Phi) is 4.41. The van der Waals surface area contributed by atoms with Gasteiger partial charge in [-0.3, -0.25) is 4.79 Å². The Hall–Kier alpha value is -2.77. The molecule has 136 valence electrons. The fourth-order valence-electron chi connectivity index (χ4n) is 2.85. The third-order valence-corrected chi connectivity index (χ3v) is 5.62. The third-order valence-electron chi connectivity index (χ3n) is 4.19. The summed E-state index contributed by atoms with van der Waals surface area (Å²) in [5.74, 6) is -0.899. The van der Waals surface area contributed by atoms with Crippen molar-refractivity contribution in [2.75, 3.05) is 0 Å². The molecule has 0 radical (unpaired) electrons. The molecule has 0 aliphatic rings. The number of aryl methyl sites for hydroxylation is 2. The molecular formula is C19H13ClFN3O2S. The van der Waals surface area contributed by atoms with Gasteiger partial charge in [0.1, 0.15) is 22.8 Å². The lowest BCUT2D eigenvalue weighted by Crippen LogP contribution is -2.14. The van der Waals surface area contributed by atoms with Crippen molar-refractivity contribution in [3.05, 3.63) is 69.4 Å². The molecule has 0 N–H and O–H groups in total. The number of fused-ring (bicyclic) bond motifs is 1. The number of para-hydroxylation sites is 1. The lowest BCUT2D eigenvalue weighted by Gasteiger charge is -2.03. The summed E-state index contributed by atoms with van der Waals surface area (Å²) in [6, 6.07) is 12.0. The third kappa shape index (κ3) is 2.98. The Morgan fingerprint density at radius 3 is 2.78 bits per heavy atom. The first-order valence-corrected chi connectivity index (χ1v) is 9.21. The van der Waals surface area contributed by atoms with Gasteiger partial charge in [-0.05, 0) is 31.2 Å². The first-order chi connectivity index (χ1) is 13.0. The van der Waals surface area contributed by atoms with Gasteiger partial charge in [0.15, 0.2) is 4.80 Å². The summed E-state index contributed by atoms with van der Waals surface area (Å²) in [6.45, 7) is 1.58. The minimum absolute atomic E-state index is 0.0234. The van der Waals surface area contributed by atoms with E-state index in [4.69, 9.17) is 16.1 Å². The van der Waals surface area contributed by atoms with Crippen molar-refractivity contribution < 1.29 is 13.7 Å². The summed E-state index contributed by atoms with van der Waals surface area (Å²) in [5.41, 5.74) is 1.14. The van der Waals surface area contributed by atoms with Crippen molar-refractivity contribution in [2.45, 2.75) is 6.92 Å². The second-order valence-corrected chi connectivity index (χ2v) is 7.30. The number of thiazole rings is 1. The Labute approximate surface area is 162 Å². The second kappa shape index (κ2) is 6.75. The number of benzene rings is 2. The number of nitrogens with zero attached hydrogens (tertiary/aromatic N) is 3. The van der Waals surface area contributed by atoms with Crippen LogP contribution in [-0.4, -0.2) is 15.6 Å². The largest absolute Gasteiger partial charge is 0.360 e. The van der Waals surface area contributed by atoms with Crippen LogP contribution in [0, 0.1) is 12.7 Å². The van der Waals surface area contributed by atoms with Gasteiger partial charge in [0.05, 0.1) is 20.8 Å². The maximum Gasteiger partial charge on any atom is 0.285 e. The molecule has 4 rings (SSSR count). The van der Waals surface area contributed by atoms with Gasteiger partial charge in [0.2, 0.25) is 0 Å². The van der Waals surface area contributed by atoms with Crippen LogP contribution in [0.2, 0.25) is 5.02 Å². The van der Waals surface area contributed by atoms with Crippen LogP contribution in [0.25, 0.3) is 21.5 Å². The predicted molar refractivity (Wildman–Crippen MR) is 102 cm³/mol. The van der Waals surface area contributed by atoms with Crippen LogP contribution in [0.3, 0.4) is 0 Å². The highest BCUT2D eigenvalue weighted by Crippen LogP contribution is 2.33. The number of aromatic nitrogens is 2. The van der Waals surface area contributed by atoms with E-state index in [1.807, 2.05) is 35.9 Å². The van der Waals surface area contributed by atoms with E-state index in [0.29, 0.717) is 4.80 Å². The van der Waals surface area contributed by atoms with E-state index >= 15 is 0 Å². The SMILES string of the molecule is Cc1onc(-c2c(F)cccc2Cl)c1C(=O)N=c1sc2ccccc2n1C. The molecule has 0 aliphatic heterocycles. The fraction of sp³-hybridized carbons (Fsp3) is 0.105. The number of hydrogen-bond donors (Lipinski definition) is 0. The van der Waals surface area contributed by atoms with E-state index in [9.17, 15) is 9.18 Å². The molecule has 1 amide bonds. The molecule has 4 aromatic rings. The number of carbonyl (C=O) groups excluding carboxylic acids is 1. The maximum absolute atomic E-state index is 14.3. The minimum Gasteiger partial charge on any atom is -0.360 e. The number of rotatable bonds is 2. The Balaban J connectivity index is 1.88. The Bertz CT molecular complexity index is 1240. The number of amides is 1. The van der Waals surface area contributed by atoms with Crippen LogP contribution in [0.5, 0.6) is 0 Å². The quantitative estimate of drug-likeness (QED) is 0.487. The molecule has 0 atom stereocenters. The van der Waals surface area contributed by atoms with Gasteiger partial charge >= 0.3 is 0 Å². The van der Waals surface area contributed by atoms with Gasteiger partial charge in [-0.2, -0.15) is 4.99 Å². The highest BCUT2D eigenvalue weighted by Gasteiger charge is 2.25. The van der Waals surface area contributed by atoms with Crippen LogP contribution >= 0.6 is 22.9 Å². The predicted octanol–water partition coefficient (Wildman–Crippen LogP) is 4.74. The molecule has 2 heterocycles. The molecule has 0 saturated carbocycles. The zero-order valence-electron chi connectivity index (χ0n) is 14.4. The minimum atomic E-state index is -0.586. The lowest BCUT2D eigenvalue weighted by molar-refractivity contribution is 0.0997. The molecule has 0 aliphatic carbocycles. The van der Waals surface area contributed by atoms with Crippen molar-refractivity contribution in [1.29, 1.82) is 0 Å². The van der Waals surface area contributed by atoms with Crippen molar-refractivity contribution in [2.24, 2.45) is 12.0 Å². The molecular weight excluding hydrogens is 389 g/mol. The summed E-state index contributed by atoms with van der Waals surface area (Å²) in [7, 11) is 1.83. The van der Waals surface area contributed by atoms with Gasteiger partial charge in [-0.1, -0.05) is 46.3 Å². The number of hydrogen-bond acceptors (Lipinski definition) is 4. The van der Waals surface area contributed by atoms with Crippen LogP contribution < -0.4 is 4.80 Å². The highest BCUT2D eigenvalue weighted by atomic mass is 35.5. The van der Waals surface area contributed by atoms with Gasteiger partial charge in [-0.15, -0.1) is 0 Å². The van der Waals surface area contributed by atoms with E-state index in [0.717, 1.165) is 10.2 Å². The smallest absolute Gasteiger partial charge is 0.285 e. The molecule has 5 nitrogen and oxygen atoms in total. The summed E-state index contributed by atoms with van der Waals surface area (Å²) < 4.78 is 22.3. The van der Waals surface area contributed by atoms with Crippen molar-refractivity contribution in [3.63, 3.8) is 0 Å². The fourth-order valence-corrected chi connectivity index (χ4v) is 4.12. The summed E-state index contributed by atoms with van der Waals surface area (Å²) in [5, 5.41) is 4.00. The van der Waals surface area contributed by atoms with Crippen molar-refractivity contribution in [3.8, 4) is 11.3 Å². The van der Waals surface area contributed by atoms with Gasteiger partial charge < -0.3 is 9.09 Å².